The molecule has 2 saturated heterocycles. The lowest BCUT2D eigenvalue weighted by Gasteiger charge is -2.32. The first-order chi connectivity index (χ1) is 32.0. The lowest BCUT2D eigenvalue weighted by Crippen LogP contribution is -2.54. The van der Waals surface area contributed by atoms with Crippen molar-refractivity contribution >= 4 is 51.2 Å². The number of benzene rings is 2. The standard InChI is InChI=1S/C26H29F4N3O5.C21H21F4N3O3/c1-12-19-13(21(34)14(22(35)36)9-33(19)17-8-15(17)27)7-16(28)20(12)32-10-18-25(11-32,5-6-26(18,29)30)31-23(37)38-24(2,3)4;1-9-16-10(18(29)11(19(30)31)6-28(16)14-5-12(14)22)4-13(23)17(9)27-7-15-20(26,8-27)2-3-21(15,24)25/h7,9,15,17-18H,5-6,8,10-11H2,1-4H3,(H,31,37)(H,35,36);4,6,12,14-15H,2-3,5,7-8,26H2,1H3,(H,30,31)/t15-,17+,18+,25+;12-,14+,15+,20+/m00/s1. The summed E-state index contributed by atoms with van der Waals surface area (Å²) < 4.78 is 126. The molecule has 4 saturated carbocycles. The number of nitrogens with one attached hydrogen (secondary N) is 1. The summed E-state index contributed by atoms with van der Waals surface area (Å²) in [5.74, 6) is -13.2. The van der Waals surface area contributed by atoms with Crippen LogP contribution in [0.1, 0.15) is 103 Å². The number of pyridine rings is 2. The first-order valence-electron chi connectivity index (χ1n) is 22.6. The van der Waals surface area contributed by atoms with E-state index in [1.165, 1.54) is 32.8 Å². The number of anilines is 2. The van der Waals surface area contributed by atoms with Gasteiger partial charge in [0.15, 0.2) is 0 Å². The number of carboxylic acid groups (broad SMARTS) is 2. The van der Waals surface area contributed by atoms with Crippen molar-refractivity contribution in [3.8, 4) is 0 Å². The summed E-state index contributed by atoms with van der Waals surface area (Å²) in [6.45, 7) is 7.45. The number of alkyl carbamates (subject to hydrolysis) is 1. The van der Waals surface area contributed by atoms with E-state index in [1.807, 2.05) is 0 Å². The fourth-order valence-corrected chi connectivity index (χ4v) is 11.4. The summed E-state index contributed by atoms with van der Waals surface area (Å²) in [5, 5.41) is 21.1. The van der Waals surface area contributed by atoms with E-state index in [2.05, 4.69) is 5.32 Å². The number of amides is 1. The Hall–Kier alpha value is -5.93. The molecule has 372 valence electrons. The van der Waals surface area contributed by atoms with E-state index in [1.54, 1.807) is 20.8 Å². The van der Waals surface area contributed by atoms with Gasteiger partial charge < -0.3 is 44.9 Å². The largest absolute Gasteiger partial charge is 0.477 e. The number of nitrogens with two attached hydrogens (primary N) is 1. The molecule has 0 bridgehead atoms. The molecule has 14 nitrogen and oxygen atoms in total. The molecule has 4 aliphatic carbocycles. The number of aromatic carboxylic acids is 2. The van der Waals surface area contributed by atoms with Gasteiger partial charge in [-0.15, -0.1) is 0 Å². The van der Waals surface area contributed by atoms with Gasteiger partial charge in [0.25, 0.3) is 11.8 Å². The number of hydrogen-bond acceptors (Lipinski definition) is 9. The molecule has 0 spiro atoms. The number of fused-ring (bicyclic) bond motifs is 4. The first kappa shape index (κ1) is 48.1. The summed E-state index contributed by atoms with van der Waals surface area (Å²) in [5.41, 5.74) is 0.710. The zero-order valence-electron chi connectivity index (χ0n) is 38.1. The monoisotopic (exact) mass is 978 g/mol. The maximum absolute atomic E-state index is 15.6. The van der Waals surface area contributed by atoms with Crippen LogP contribution in [0, 0.1) is 37.3 Å². The Labute approximate surface area is 388 Å². The van der Waals surface area contributed by atoms with E-state index >= 15 is 17.6 Å². The fourth-order valence-electron chi connectivity index (χ4n) is 11.4. The number of carbonyl (C=O) groups excluding carboxylic acids is 1. The molecule has 4 aromatic rings. The third kappa shape index (κ3) is 7.93. The SMILES string of the molecule is Cc1c(N2C[C@H]3C(F)(F)CC[C@@]3(N)C2)c(F)cc2c(=O)c(C(=O)O)cn([C@@H]3C[C@@H]3F)c12.Cc1c(N2C[C@H]3C(F)(F)CC[C@@]3(NC(=O)OC(C)(C)C)C2)c(F)cc2c(=O)c(C(=O)O)cn([C@@H]3C[C@@H]3F)c12. The van der Waals surface area contributed by atoms with Crippen LogP contribution in [0.2, 0.25) is 0 Å². The van der Waals surface area contributed by atoms with Gasteiger partial charge in [0.2, 0.25) is 10.9 Å². The number of rotatable bonds is 7. The lowest BCUT2D eigenvalue weighted by atomic mass is 9.89. The van der Waals surface area contributed by atoms with Crippen molar-refractivity contribution in [2.24, 2.45) is 17.6 Å². The zero-order valence-corrected chi connectivity index (χ0v) is 38.1. The highest BCUT2D eigenvalue weighted by atomic mass is 19.3. The molecule has 2 aromatic carbocycles. The van der Waals surface area contributed by atoms with Crippen molar-refractivity contribution in [1.82, 2.24) is 14.5 Å². The average molecular weight is 979 g/mol. The molecule has 4 heterocycles. The number of halogens is 8. The van der Waals surface area contributed by atoms with Crippen molar-refractivity contribution in [2.45, 2.75) is 126 Å². The zero-order chi connectivity index (χ0) is 50.4. The number of alkyl halides is 6. The van der Waals surface area contributed by atoms with Crippen LogP contribution >= 0.6 is 0 Å². The van der Waals surface area contributed by atoms with Crippen LogP contribution in [0.25, 0.3) is 21.8 Å². The molecule has 5 N–H and O–H groups in total. The van der Waals surface area contributed by atoms with Gasteiger partial charge in [-0.25, -0.2) is 49.5 Å². The van der Waals surface area contributed by atoms with Crippen molar-refractivity contribution in [1.29, 1.82) is 0 Å². The van der Waals surface area contributed by atoms with Crippen LogP contribution in [0.15, 0.2) is 34.1 Å². The van der Waals surface area contributed by atoms with E-state index in [0.717, 1.165) is 24.5 Å². The molecule has 22 heteroatoms. The van der Waals surface area contributed by atoms with Crippen LogP contribution in [0.3, 0.4) is 0 Å². The van der Waals surface area contributed by atoms with E-state index in [-0.39, 0.29) is 103 Å². The summed E-state index contributed by atoms with van der Waals surface area (Å²) in [6.07, 6.45) is -1.62. The molecule has 10 rings (SSSR count). The fraction of sp³-hybridized carbons (Fsp3) is 0.553. The van der Waals surface area contributed by atoms with Gasteiger partial charge >= 0.3 is 18.0 Å². The quantitative estimate of drug-likeness (QED) is 0.134. The van der Waals surface area contributed by atoms with E-state index in [9.17, 15) is 51.7 Å². The molecular weight excluding hydrogens is 929 g/mol. The number of carboxylic acids is 2. The van der Waals surface area contributed by atoms with Crippen LogP contribution in [0.5, 0.6) is 0 Å². The van der Waals surface area contributed by atoms with Crippen LogP contribution in [-0.2, 0) is 4.74 Å². The Morgan fingerprint density at radius 3 is 1.57 bits per heavy atom. The molecule has 8 atom stereocenters. The summed E-state index contributed by atoms with van der Waals surface area (Å²) in [7, 11) is 0. The highest BCUT2D eigenvalue weighted by Gasteiger charge is 2.65. The van der Waals surface area contributed by atoms with Crippen LogP contribution in [-0.4, -0.2) is 104 Å². The summed E-state index contributed by atoms with van der Waals surface area (Å²) >= 11 is 0. The number of nitrogens with zero attached hydrogens (tertiary/aromatic N) is 4. The second-order valence-electron chi connectivity index (χ2n) is 20.7. The Morgan fingerprint density at radius 1 is 0.725 bits per heavy atom. The van der Waals surface area contributed by atoms with Gasteiger partial charge in [0, 0.05) is 80.6 Å². The molecule has 0 unspecified atom stereocenters. The highest BCUT2D eigenvalue weighted by Crippen LogP contribution is 2.54. The van der Waals surface area contributed by atoms with Crippen LogP contribution < -0.4 is 31.7 Å². The number of aryl methyl sites for hydroxylation is 2. The molecule has 6 fully saturated rings. The van der Waals surface area contributed by atoms with Gasteiger partial charge in [0.05, 0.1) is 51.9 Å². The minimum atomic E-state index is -3.13. The van der Waals surface area contributed by atoms with E-state index < -0.39 is 123 Å². The predicted octanol–water partition coefficient (Wildman–Crippen LogP) is 7.55. The normalized spacial score (nSPS) is 29.4. The Bertz CT molecular complexity index is 3010. The predicted molar refractivity (Wildman–Crippen MR) is 236 cm³/mol. The number of ether oxygens (including phenoxy) is 1. The third-order valence-corrected chi connectivity index (χ3v) is 14.8. The molecule has 6 aliphatic rings. The summed E-state index contributed by atoms with van der Waals surface area (Å²) in [4.78, 5) is 64.2. The second-order valence-corrected chi connectivity index (χ2v) is 20.7. The lowest BCUT2D eigenvalue weighted by molar-refractivity contribution is -0.0416. The van der Waals surface area contributed by atoms with E-state index in [4.69, 9.17) is 10.5 Å². The van der Waals surface area contributed by atoms with Gasteiger partial charge in [-0.1, -0.05) is 0 Å². The molecule has 2 aromatic heterocycles. The second kappa shape index (κ2) is 15.8. The Kier molecular flexibility index (Phi) is 11.0. The van der Waals surface area contributed by atoms with Gasteiger partial charge in [0.1, 0.15) is 40.7 Å². The summed E-state index contributed by atoms with van der Waals surface area (Å²) in [6, 6.07) is 0.421. The third-order valence-electron chi connectivity index (χ3n) is 14.8. The van der Waals surface area contributed by atoms with Gasteiger partial charge in [-0.3, -0.25) is 9.59 Å². The minimum absolute atomic E-state index is 0.0309. The minimum Gasteiger partial charge on any atom is -0.477 e. The van der Waals surface area contributed by atoms with Crippen molar-refractivity contribution < 1.29 is 64.5 Å². The maximum Gasteiger partial charge on any atom is 0.408 e. The Balaban J connectivity index is 0.000000175. The molecular formula is C47H50F8N6O8. The molecule has 69 heavy (non-hydrogen) atoms. The Morgan fingerprint density at radius 2 is 1.14 bits per heavy atom. The molecule has 1 amide bonds. The van der Waals surface area contributed by atoms with Gasteiger partial charge in [-0.05, 0) is 70.7 Å². The number of carbonyl (C=O) groups is 3. The molecule has 0 radical (unpaired) electrons. The maximum atomic E-state index is 15.6. The van der Waals surface area contributed by atoms with E-state index in [0.29, 0.717) is 0 Å². The number of aromatic nitrogens is 2. The molecule has 2 aliphatic heterocycles. The van der Waals surface area contributed by atoms with Crippen molar-refractivity contribution in [2.75, 3.05) is 36.0 Å². The van der Waals surface area contributed by atoms with Crippen molar-refractivity contribution in [3.05, 3.63) is 78.9 Å². The topological polar surface area (TPSA) is 189 Å². The average Bonchev–Trinajstić information content (AvgIpc) is 3.99. The van der Waals surface area contributed by atoms with Crippen LogP contribution in [0.4, 0.5) is 51.3 Å². The van der Waals surface area contributed by atoms with Gasteiger partial charge in [-0.2, -0.15) is 0 Å². The number of hydrogen-bond donors (Lipinski definition) is 4. The highest BCUT2D eigenvalue weighted by molar-refractivity contribution is 5.96. The van der Waals surface area contributed by atoms with Crippen molar-refractivity contribution in [3.63, 3.8) is 0 Å². The first-order valence-corrected chi connectivity index (χ1v) is 22.6. The smallest absolute Gasteiger partial charge is 0.408 e.